The fourth-order valence-electron chi connectivity index (χ4n) is 7.68. The number of aliphatic hydroxyl groups excluding tert-OH is 1. The number of hydrogen-bond acceptors (Lipinski definition) is 7. The third-order valence-electron chi connectivity index (χ3n) is 10.3. The van der Waals surface area contributed by atoms with Gasteiger partial charge in [-0.15, -0.1) is 13.2 Å². The van der Waals surface area contributed by atoms with Crippen LogP contribution in [0.4, 0.5) is 5.69 Å². The Bertz CT molecular complexity index is 1590. The Kier molecular flexibility index (Phi) is 12.2. The smallest absolute Gasteiger partial charge is 0.313 e. The van der Waals surface area contributed by atoms with Crippen LogP contribution in [0.1, 0.15) is 51.2 Å². The standard InChI is InChI=1S/C38H45BrClN3O7/c1-5-8-18-30(45)41-21-29(24-14-10-9-11-15-24)49-37(48)31-32-35(46)43(28(22-44)23(4)7-3)34(38(32)20-25(39)33(31)50-38)36(47)42(19-6-2)27-17-13-12-16-26(27)40/h5-6,9-17,23,25,28-29,31-34,44H,1-2,7-8,18-22H2,3-4H3,(H,41,45)/t23-,25?,28-,29+,31+,32-,33+,34+,38-/m0/s1. The van der Waals surface area contributed by atoms with Gasteiger partial charge in [-0.25, -0.2) is 0 Å². The first-order valence-electron chi connectivity index (χ1n) is 17.1. The van der Waals surface area contributed by atoms with E-state index in [2.05, 4.69) is 34.4 Å². The Morgan fingerprint density at radius 1 is 1.18 bits per heavy atom. The Labute approximate surface area is 306 Å². The first-order valence-corrected chi connectivity index (χ1v) is 18.4. The van der Waals surface area contributed by atoms with E-state index in [1.54, 1.807) is 48.6 Å². The van der Waals surface area contributed by atoms with E-state index in [1.807, 2.05) is 32.0 Å². The fourth-order valence-corrected chi connectivity index (χ4v) is 8.86. The monoisotopic (exact) mass is 769 g/mol. The molecule has 5 rings (SSSR count). The number of amides is 3. The van der Waals surface area contributed by atoms with Gasteiger partial charge in [-0.3, -0.25) is 19.2 Å². The molecule has 10 nitrogen and oxygen atoms in total. The largest absolute Gasteiger partial charge is 0.455 e. The average Bonchev–Trinajstić information content (AvgIpc) is 3.72. The average molecular weight is 771 g/mol. The van der Waals surface area contributed by atoms with Gasteiger partial charge in [0.25, 0.3) is 5.91 Å². The van der Waals surface area contributed by atoms with Crippen LogP contribution in [0.5, 0.6) is 0 Å². The van der Waals surface area contributed by atoms with Crippen molar-refractivity contribution < 1.29 is 33.8 Å². The molecule has 2 aromatic rings. The third-order valence-corrected chi connectivity index (χ3v) is 11.5. The summed E-state index contributed by atoms with van der Waals surface area (Å²) >= 11 is 10.3. The zero-order valence-electron chi connectivity index (χ0n) is 28.4. The summed E-state index contributed by atoms with van der Waals surface area (Å²) in [7, 11) is 0. The maximum atomic E-state index is 15.0. The van der Waals surface area contributed by atoms with E-state index >= 15 is 0 Å². The molecule has 0 aromatic heterocycles. The van der Waals surface area contributed by atoms with Crippen molar-refractivity contribution in [2.75, 3.05) is 24.6 Å². The van der Waals surface area contributed by atoms with E-state index in [0.29, 0.717) is 29.1 Å². The Morgan fingerprint density at radius 2 is 1.88 bits per heavy atom. The van der Waals surface area contributed by atoms with Crippen molar-refractivity contribution in [1.29, 1.82) is 0 Å². The molecule has 3 aliphatic rings. The molecule has 1 spiro atoms. The van der Waals surface area contributed by atoms with Crippen LogP contribution in [0.15, 0.2) is 79.9 Å². The van der Waals surface area contributed by atoms with Gasteiger partial charge in [0.05, 0.1) is 47.8 Å². The van der Waals surface area contributed by atoms with E-state index < -0.39 is 66.1 Å². The lowest BCUT2D eigenvalue weighted by atomic mass is 9.70. The molecule has 2 aromatic carbocycles. The van der Waals surface area contributed by atoms with Gasteiger partial charge >= 0.3 is 5.97 Å². The number of benzene rings is 2. The molecule has 3 amide bonds. The number of rotatable bonds is 16. The molecule has 0 aliphatic carbocycles. The lowest BCUT2D eigenvalue weighted by Gasteiger charge is -2.41. The maximum Gasteiger partial charge on any atom is 0.313 e. The number of para-hydroxylation sites is 1. The second-order valence-electron chi connectivity index (χ2n) is 13.2. The summed E-state index contributed by atoms with van der Waals surface area (Å²) in [6.45, 7) is 11.1. The predicted octanol–water partition coefficient (Wildman–Crippen LogP) is 5.38. The van der Waals surface area contributed by atoms with Crippen LogP contribution < -0.4 is 10.2 Å². The van der Waals surface area contributed by atoms with Crippen molar-refractivity contribution in [1.82, 2.24) is 10.2 Å². The number of allylic oxidation sites excluding steroid dienone is 1. The second kappa shape index (κ2) is 16.2. The van der Waals surface area contributed by atoms with E-state index in [4.69, 9.17) is 21.1 Å². The zero-order valence-corrected chi connectivity index (χ0v) is 30.7. The van der Waals surface area contributed by atoms with Crippen molar-refractivity contribution in [3.05, 3.63) is 90.5 Å². The Balaban J connectivity index is 1.54. The van der Waals surface area contributed by atoms with Crippen LogP contribution in [0.25, 0.3) is 0 Å². The van der Waals surface area contributed by atoms with Crippen molar-refractivity contribution in [3.8, 4) is 0 Å². The van der Waals surface area contributed by atoms with E-state index in [9.17, 15) is 24.3 Å². The molecule has 3 fully saturated rings. The minimum atomic E-state index is -1.40. The quantitative estimate of drug-likeness (QED) is 0.134. The van der Waals surface area contributed by atoms with Gasteiger partial charge in [0.1, 0.15) is 17.7 Å². The molecule has 268 valence electrons. The fraction of sp³-hybridized carbons (Fsp3) is 0.474. The number of nitrogens with one attached hydrogen (secondary N) is 1. The first kappa shape index (κ1) is 37.7. The van der Waals surface area contributed by atoms with Gasteiger partial charge in [0, 0.05) is 17.8 Å². The topological polar surface area (TPSA) is 125 Å². The van der Waals surface area contributed by atoms with Gasteiger partial charge in [0.2, 0.25) is 11.8 Å². The minimum Gasteiger partial charge on any atom is -0.455 e. The first-order chi connectivity index (χ1) is 24.0. The highest BCUT2D eigenvalue weighted by atomic mass is 79.9. The van der Waals surface area contributed by atoms with Gasteiger partial charge in [-0.2, -0.15) is 0 Å². The van der Waals surface area contributed by atoms with Gasteiger partial charge in [-0.05, 0) is 36.5 Å². The number of ether oxygens (including phenoxy) is 2. The van der Waals surface area contributed by atoms with Crippen LogP contribution in [0.2, 0.25) is 5.02 Å². The molecule has 0 radical (unpaired) electrons. The summed E-state index contributed by atoms with van der Waals surface area (Å²) in [5.41, 5.74) is -0.294. The maximum absolute atomic E-state index is 15.0. The number of fused-ring (bicyclic) bond motifs is 1. The van der Waals surface area contributed by atoms with Crippen LogP contribution in [-0.2, 0) is 28.7 Å². The lowest BCUT2D eigenvalue weighted by molar-refractivity contribution is -0.161. The number of halogens is 2. The van der Waals surface area contributed by atoms with Crippen molar-refractivity contribution >= 4 is 56.9 Å². The van der Waals surface area contributed by atoms with Crippen molar-refractivity contribution in [2.24, 2.45) is 17.8 Å². The van der Waals surface area contributed by atoms with Crippen LogP contribution in [0.3, 0.4) is 0 Å². The van der Waals surface area contributed by atoms with Crippen LogP contribution >= 0.6 is 27.5 Å². The van der Waals surface area contributed by atoms with Gasteiger partial charge in [0.15, 0.2) is 0 Å². The normalized spacial score (nSPS) is 26.9. The highest BCUT2D eigenvalue weighted by Crippen LogP contribution is 2.61. The summed E-state index contributed by atoms with van der Waals surface area (Å²) in [6, 6.07) is 14.1. The number of alkyl halides is 1. The summed E-state index contributed by atoms with van der Waals surface area (Å²) < 4.78 is 12.9. The molecular formula is C38H45BrClN3O7. The number of carbonyl (C=O) groups excluding carboxylic acids is 4. The van der Waals surface area contributed by atoms with Gasteiger partial charge < -0.3 is 29.7 Å². The van der Waals surface area contributed by atoms with Crippen LogP contribution in [-0.4, -0.2) is 82.0 Å². The number of anilines is 1. The van der Waals surface area contributed by atoms with E-state index in [0.717, 1.165) is 0 Å². The predicted molar refractivity (Wildman–Crippen MR) is 195 cm³/mol. The summed E-state index contributed by atoms with van der Waals surface area (Å²) in [5, 5.41) is 13.9. The zero-order chi connectivity index (χ0) is 36.2. The molecule has 3 heterocycles. The van der Waals surface area contributed by atoms with E-state index in [1.165, 1.54) is 9.80 Å². The molecule has 3 saturated heterocycles. The molecular weight excluding hydrogens is 726 g/mol. The number of carbonyl (C=O) groups is 4. The molecule has 3 aliphatic heterocycles. The summed E-state index contributed by atoms with van der Waals surface area (Å²) in [4.78, 5) is 59.2. The molecule has 1 unspecified atom stereocenters. The third kappa shape index (κ3) is 7.02. The number of esters is 1. The minimum absolute atomic E-state index is 0.0215. The molecule has 2 bridgehead atoms. The van der Waals surface area contributed by atoms with Gasteiger partial charge in [-0.1, -0.05) is 102 Å². The molecule has 0 saturated carbocycles. The number of nitrogens with zero attached hydrogens (tertiary/aromatic N) is 2. The van der Waals surface area contributed by atoms with Crippen molar-refractivity contribution in [3.63, 3.8) is 0 Å². The molecule has 12 heteroatoms. The molecule has 2 N–H and O–H groups in total. The van der Waals surface area contributed by atoms with Crippen LogP contribution in [0, 0.1) is 17.8 Å². The number of hydrogen-bond donors (Lipinski definition) is 2. The summed E-state index contributed by atoms with van der Waals surface area (Å²) in [6.07, 6.45) is 3.27. The highest BCUT2D eigenvalue weighted by molar-refractivity contribution is 9.09. The van der Waals surface area contributed by atoms with Crippen molar-refractivity contribution in [2.45, 2.75) is 74.3 Å². The lowest BCUT2D eigenvalue weighted by Crippen LogP contribution is -2.60. The Hall–Kier alpha value is -3.51. The molecule has 50 heavy (non-hydrogen) atoms. The number of likely N-dealkylation sites (tertiary alicyclic amines) is 1. The number of aliphatic hydroxyl groups is 1. The Morgan fingerprint density at radius 3 is 2.52 bits per heavy atom. The van der Waals surface area contributed by atoms with E-state index in [-0.39, 0.29) is 42.6 Å². The second-order valence-corrected chi connectivity index (χ2v) is 14.8. The SMILES string of the molecule is C=CCCC(=O)NC[C@@H](OC(=O)[C@H]1[C@@H]2O[C@@]3(CC2Br)[C@@H]1C(=O)N([C@@H](CO)[C@@H](C)CC)[C@@H]3C(=O)N(CC=C)c1ccccc1Cl)c1ccccc1. The summed E-state index contributed by atoms with van der Waals surface area (Å²) in [5.74, 6) is -4.08. The highest BCUT2D eigenvalue weighted by Gasteiger charge is 2.78. The molecule has 9 atom stereocenters.